The Morgan fingerprint density at radius 3 is 2.77 bits per heavy atom. The van der Waals surface area contributed by atoms with Crippen LogP contribution in [-0.2, 0) is 4.79 Å². The second-order valence-electron chi connectivity index (χ2n) is 6.40. The second kappa shape index (κ2) is 9.21. The Bertz CT molecular complexity index is 732. The maximum Gasteiger partial charge on any atom is 0.251 e. The molecule has 0 spiro atoms. The molecule has 1 aromatic carbocycles. The third-order valence-electron chi connectivity index (χ3n) is 4.37. The van der Waals surface area contributed by atoms with E-state index in [1.807, 2.05) is 17.5 Å². The molecule has 3 N–H and O–H groups in total. The van der Waals surface area contributed by atoms with Crippen molar-refractivity contribution in [3.63, 3.8) is 0 Å². The van der Waals surface area contributed by atoms with E-state index in [1.54, 1.807) is 35.6 Å². The van der Waals surface area contributed by atoms with Gasteiger partial charge >= 0.3 is 0 Å². The molecule has 0 radical (unpaired) electrons. The van der Waals surface area contributed by atoms with Crippen molar-refractivity contribution >= 4 is 40.6 Å². The molecular formula is C19H23N3O2S2. The minimum atomic E-state index is -0.0603. The van der Waals surface area contributed by atoms with Crippen molar-refractivity contribution in [3.8, 4) is 0 Å². The molecule has 2 atom stereocenters. The summed E-state index contributed by atoms with van der Waals surface area (Å²) in [4.78, 5) is 24.4. The molecule has 0 saturated carbocycles. The number of anilines is 1. The number of carbonyl (C=O) groups is 2. The van der Waals surface area contributed by atoms with E-state index in [2.05, 4.69) is 22.9 Å². The molecule has 3 rings (SSSR count). The first kappa shape index (κ1) is 18.9. The molecule has 5 nitrogen and oxygen atoms in total. The largest absolute Gasteiger partial charge is 0.349 e. The van der Waals surface area contributed by atoms with Crippen LogP contribution in [0.15, 0.2) is 46.0 Å². The summed E-state index contributed by atoms with van der Waals surface area (Å²) < 4.78 is 1.12. The molecule has 1 aromatic heterocycles. The zero-order valence-electron chi connectivity index (χ0n) is 14.7. The number of carbonyl (C=O) groups excluding carboxylic acids is 2. The summed E-state index contributed by atoms with van der Waals surface area (Å²) in [6, 6.07) is 11.2. The Balaban J connectivity index is 1.49. The lowest BCUT2D eigenvalue weighted by Gasteiger charge is -2.30. The lowest BCUT2D eigenvalue weighted by atomic mass is 9.95. The maximum absolute atomic E-state index is 12.4. The van der Waals surface area contributed by atoms with E-state index in [1.165, 1.54) is 11.8 Å². The number of thioether (sulfide) groups is 1. The van der Waals surface area contributed by atoms with Crippen molar-refractivity contribution in [2.24, 2.45) is 5.92 Å². The predicted octanol–water partition coefficient (Wildman–Crippen LogP) is 3.21. The molecule has 7 heteroatoms. The van der Waals surface area contributed by atoms with E-state index >= 15 is 0 Å². The summed E-state index contributed by atoms with van der Waals surface area (Å²) in [5.41, 5.74) is 1.32. The van der Waals surface area contributed by atoms with Crippen LogP contribution in [0.5, 0.6) is 0 Å². The molecule has 2 aromatic rings. The van der Waals surface area contributed by atoms with E-state index in [9.17, 15) is 9.59 Å². The summed E-state index contributed by atoms with van der Waals surface area (Å²) in [6.45, 7) is 4.01. The number of thiophene rings is 1. The number of amides is 2. The van der Waals surface area contributed by atoms with Gasteiger partial charge in [0.05, 0.1) is 9.96 Å². The van der Waals surface area contributed by atoms with Gasteiger partial charge in [-0.3, -0.25) is 9.59 Å². The van der Waals surface area contributed by atoms with Crippen LogP contribution in [0.1, 0.15) is 23.7 Å². The lowest BCUT2D eigenvalue weighted by Crippen LogP contribution is -2.48. The number of nitrogens with one attached hydrogen (secondary N) is 3. The molecule has 2 heterocycles. The predicted molar refractivity (Wildman–Crippen MR) is 108 cm³/mol. The van der Waals surface area contributed by atoms with Gasteiger partial charge in [-0.2, -0.15) is 0 Å². The number of benzene rings is 1. The highest BCUT2D eigenvalue weighted by Gasteiger charge is 2.22. The van der Waals surface area contributed by atoms with Gasteiger partial charge in [0.15, 0.2) is 0 Å². The van der Waals surface area contributed by atoms with E-state index in [4.69, 9.17) is 0 Å². The Morgan fingerprint density at radius 1 is 1.27 bits per heavy atom. The van der Waals surface area contributed by atoms with Crippen molar-refractivity contribution in [1.29, 1.82) is 0 Å². The van der Waals surface area contributed by atoms with Crippen LogP contribution in [0.25, 0.3) is 0 Å². The molecule has 1 aliphatic rings. The molecule has 138 valence electrons. The molecule has 0 bridgehead atoms. The second-order valence-corrected chi connectivity index (χ2v) is 8.62. The minimum absolute atomic E-state index is 0.0517. The average Bonchev–Trinajstić information content (AvgIpc) is 3.16. The minimum Gasteiger partial charge on any atom is -0.349 e. The SMILES string of the molecule is CC1CNCCC1NC(=O)c1ccc(NC(=O)CSc2cccs2)cc1. The van der Waals surface area contributed by atoms with Gasteiger partial charge < -0.3 is 16.0 Å². The smallest absolute Gasteiger partial charge is 0.251 e. The van der Waals surface area contributed by atoms with Gasteiger partial charge in [-0.05, 0) is 61.1 Å². The Kier molecular flexibility index (Phi) is 6.71. The van der Waals surface area contributed by atoms with Crippen LogP contribution < -0.4 is 16.0 Å². The number of piperidine rings is 1. The van der Waals surface area contributed by atoms with Gasteiger partial charge in [0.2, 0.25) is 5.91 Å². The van der Waals surface area contributed by atoms with Gasteiger partial charge in [-0.15, -0.1) is 23.1 Å². The van der Waals surface area contributed by atoms with Crippen molar-refractivity contribution in [2.75, 3.05) is 24.2 Å². The van der Waals surface area contributed by atoms with Gasteiger partial charge in [0.25, 0.3) is 5.91 Å². The van der Waals surface area contributed by atoms with Crippen LogP contribution in [0.4, 0.5) is 5.69 Å². The first-order valence-corrected chi connectivity index (χ1v) is 10.6. The molecule has 1 aliphatic heterocycles. The van der Waals surface area contributed by atoms with Crippen LogP contribution in [-0.4, -0.2) is 36.7 Å². The molecule has 2 amide bonds. The van der Waals surface area contributed by atoms with E-state index in [0.29, 0.717) is 22.9 Å². The fraction of sp³-hybridized carbons (Fsp3) is 0.368. The fourth-order valence-corrected chi connectivity index (χ4v) is 4.45. The molecule has 26 heavy (non-hydrogen) atoms. The highest BCUT2D eigenvalue weighted by molar-refractivity contribution is 8.01. The Hall–Kier alpha value is -1.83. The van der Waals surface area contributed by atoms with E-state index < -0.39 is 0 Å². The van der Waals surface area contributed by atoms with Crippen molar-refractivity contribution < 1.29 is 9.59 Å². The van der Waals surface area contributed by atoms with Crippen LogP contribution >= 0.6 is 23.1 Å². The standard InChI is InChI=1S/C19H23N3O2S2/c1-13-11-20-9-8-16(13)22-19(24)14-4-6-15(7-5-14)21-17(23)12-26-18-3-2-10-25-18/h2-7,10,13,16,20H,8-9,11-12H2,1H3,(H,21,23)(H,22,24). The van der Waals surface area contributed by atoms with E-state index in [0.717, 1.165) is 23.7 Å². The lowest BCUT2D eigenvalue weighted by molar-refractivity contribution is -0.113. The Labute approximate surface area is 162 Å². The number of hydrogen-bond acceptors (Lipinski definition) is 5. The topological polar surface area (TPSA) is 70.2 Å². The van der Waals surface area contributed by atoms with Crippen LogP contribution in [0, 0.1) is 5.92 Å². The quantitative estimate of drug-likeness (QED) is 0.664. The third-order valence-corrected chi connectivity index (χ3v) is 6.50. The van der Waals surface area contributed by atoms with Crippen molar-refractivity contribution in [3.05, 3.63) is 47.3 Å². The van der Waals surface area contributed by atoms with Crippen LogP contribution in [0.2, 0.25) is 0 Å². The molecule has 2 unspecified atom stereocenters. The summed E-state index contributed by atoms with van der Waals surface area (Å²) in [6.07, 6.45) is 0.947. The zero-order chi connectivity index (χ0) is 18.4. The van der Waals surface area contributed by atoms with Crippen LogP contribution in [0.3, 0.4) is 0 Å². The highest BCUT2D eigenvalue weighted by atomic mass is 32.2. The van der Waals surface area contributed by atoms with Gasteiger partial charge in [-0.25, -0.2) is 0 Å². The van der Waals surface area contributed by atoms with Crippen molar-refractivity contribution in [1.82, 2.24) is 10.6 Å². The highest BCUT2D eigenvalue weighted by Crippen LogP contribution is 2.23. The third kappa shape index (κ3) is 5.33. The maximum atomic E-state index is 12.4. The molecule has 1 saturated heterocycles. The van der Waals surface area contributed by atoms with Crippen molar-refractivity contribution in [2.45, 2.75) is 23.6 Å². The zero-order valence-corrected chi connectivity index (χ0v) is 16.3. The average molecular weight is 390 g/mol. The van der Waals surface area contributed by atoms with E-state index in [-0.39, 0.29) is 17.9 Å². The first-order chi connectivity index (χ1) is 12.6. The summed E-state index contributed by atoms with van der Waals surface area (Å²) in [5.74, 6) is 0.683. The monoisotopic (exact) mass is 389 g/mol. The molecule has 0 aliphatic carbocycles. The summed E-state index contributed by atoms with van der Waals surface area (Å²) >= 11 is 3.14. The number of rotatable bonds is 6. The molecule has 1 fully saturated rings. The Morgan fingerprint density at radius 2 is 2.08 bits per heavy atom. The summed E-state index contributed by atoms with van der Waals surface area (Å²) in [5, 5.41) is 11.3. The van der Waals surface area contributed by atoms with Gasteiger partial charge in [-0.1, -0.05) is 13.0 Å². The summed E-state index contributed by atoms with van der Waals surface area (Å²) in [7, 11) is 0. The molecular weight excluding hydrogens is 366 g/mol. The normalized spacial score (nSPS) is 19.7. The first-order valence-electron chi connectivity index (χ1n) is 8.69. The van der Waals surface area contributed by atoms with Gasteiger partial charge in [0.1, 0.15) is 0 Å². The van der Waals surface area contributed by atoms with Gasteiger partial charge in [0, 0.05) is 17.3 Å². The number of hydrogen-bond donors (Lipinski definition) is 3. The fourth-order valence-electron chi connectivity index (χ4n) is 2.86.